The van der Waals surface area contributed by atoms with Gasteiger partial charge in [-0.25, -0.2) is 4.39 Å². The molecule has 4 nitrogen and oxygen atoms in total. The zero-order valence-corrected chi connectivity index (χ0v) is 14.9. The molecule has 0 saturated carbocycles. The highest BCUT2D eigenvalue weighted by Crippen LogP contribution is 2.18. The summed E-state index contributed by atoms with van der Waals surface area (Å²) in [7, 11) is 0. The van der Waals surface area contributed by atoms with Crippen LogP contribution in [0.5, 0.6) is 0 Å². The van der Waals surface area contributed by atoms with Crippen LogP contribution in [0.1, 0.15) is 35.7 Å². The third-order valence-corrected chi connectivity index (χ3v) is 4.67. The number of benzene rings is 2. The first kappa shape index (κ1) is 18.1. The van der Waals surface area contributed by atoms with Crippen molar-refractivity contribution in [3.8, 4) is 0 Å². The van der Waals surface area contributed by atoms with Gasteiger partial charge in [0.1, 0.15) is 5.82 Å². The van der Waals surface area contributed by atoms with Gasteiger partial charge in [-0.05, 0) is 55.2 Å². The standard InChI is InChI=1S/C21H23FN2O2/c1-15(13-16-7-9-18(22)10-8-16)20(25)23-19-6-4-5-17(14-19)21(26)24-11-2-3-12-24/h4-10,14-15H,2-3,11-13H2,1H3,(H,23,25). The average Bonchev–Trinajstić information content (AvgIpc) is 3.18. The summed E-state index contributed by atoms with van der Waals surface area (Å²) >= 11 is 0. The van der Waals surface area contributed by atoms with Crippen LogP contribution >= 0.6 is 0 Å². The third kappa shape index (κ3) is 4.48. The molecule has 2 aromatic carbocycles. The van der Waals surface area contributed by atoms with E-state index in [4.69, 9.17) is 0 Å². The molecule has 136 valence electrons. The van der Waals surface area contributed by atoms with Crippen molar-refractivity contribution in [2.75, 3.05) is 18.4 Å². The van der Waals surface area contributed by atoms with E-state index in [-0.39, 0.29) is 23.5 Å². The summed E-state index contributed by atoms with van der Waals surface area (Å²) in [5.41, 5.74) is 2.12. The fourth-order valence-electron chi connectivity index (χ4n) is 3.16. The number of likely N-dealkylation sites (tertiary alicyclic amines) is 1. The lowest BCUT2D eigenvalue weighted by molar-refractivity contribution is -0.119. The van der Waals surface area contributed by atoms with Crippen molar-refractivity contribution in [3.05, 3.63) is 65.5 Å². The van der Waals surface area contributed by atoms with Gasteiger partial charge in [0.2, 0.25) is 5.91 Å². The van der Waals surface area contributed by atoms with Gasteiger partial charge < -0.3 is 10.2 Å². The number of halogens is 1. The van der Waals surface area contributed by atoms with Crippen LogP contribution in [-0.4, -0.2) is 29.8 Å². The second kappa shape index (κ2) is 8.13. The number of nitrogens with zero attached hydrogens (tertiary/aromatic N) is 1. The van der Waals surface area contributed by atoms with Crippen molar-refractivity contribution >= 4 is 17.5 Å². The van der Waals surface area contributed by atoms with E-state index >= 15 is 0 Å². The van der Waals surface area contributed by atoms with Crippen LogP contribution < -0.4 is 5.32 Å². The molecular formula is C21H23FN2O2. The number of amides is 2. The molecule has 1 fully saturated rings. The van der Waals surface area contributed by atoms with Gasteiger partial charge in [0.25, 0.3) is 5.91 Å². The minimum atomic E-state index is -0.287. The fraction of sp³-hybridized carbons (Fsp3) is 0.333. The Bertz CT molecular complexity index is 783. The minimum Gasteiger partial charge on any atom is -0.339 e. The van der Waals surface area contributed by atoms with Crippen LogP contribution in [0, 0.1) is 11.7 Å². The van der Waals surface area contributed by atoms with E-state index in [2.05, 4.69) is 5.32 Å². The molecule has 3 rings (SSSR count). The molecule has 2 aromatic rings. The molecule has 26 heavy (non-hydrogen) atoms. The Hall–Kier alpha value is -2.69. The van der Waals surface area contributed by atoms with Gasteiger partial charge in [-0.1, -0.05) is 25.1 Å². The lowest BCUT2D eigenvalue weighted by atomic mass is 10.00. The van der Waals surface area contributed by atoms with Gasteiger partial charge in [-0.2, -0.15) is 0 Å². The molecule has 0 bridgehead atoms. The van der Waals surface area contributed by atoms with Gasteiger partial charge in [-0.3, -0.25) is 9.59 Å². The Morgan fingerprint density at radius 1 is 1.12 bits per heavy atom. The fourth-order valence-corrected chi connectivity index (χ4v) is 3.16. The molecule has 0 aliphatic carbocycles. The molecule has 1 unspecified atom stereocenters. The van der Waals surface area contributed by atoms with Crippen molar-refractivity contribution in [1.82, 2.24) is 4.90 Å². The van der Waals surface area contributed by atoms with E-state index in [0.29, 0.717) is 17.7 Å². The Morgan fingerprint density at radius 3 is 2.50 bits per heavy atom. The summed E-state index contributed by atoms with van der Waals surface area (Å²) in [4.78, 5) is 26.8. The first-order valence-electron chi connectivity index (χ1n) is 8.97. The molecule has 1 heterocycles. The highest BCUT2D eigenvalue weighted by atomic mass is 19.1. The lowest BCUT2D eigenvalue weighted by Gasteiger charge is -2.16. The second-order valence-corrected chi connectivity index (χ2v) is 6.80. The number of carbonyl (C=O) groups excluding carboxylic acids is 2. The first-order chi connectivity index (χ1) is 12.5. The molecule has 1 saturated heterocycles. The molecule has 2 amide bonds. The minimum absolute atomic E-state index is 0.0120. The van der Waals surface area contributed by atoms with Crippen molar-refractivity contribution < 1.29 is 14.0 Å². The third-order valence-electron chi connectivity index (χ3n) is 4.67. The van der Waals surface area contributed by atoms with Crippen LogP contribution in [0.2, 0.25) is 0 Å². The number of rotatable bonds is 5. The van der Waals surface area contributed by atoms with Gasteiger partial charge in [0.05, 0.1) is 0 Å². The van der Waals surface area contributed by atoms with Crippen LogP contribution in [0.15, 0.2) is 48.5 Å². The maximum Gasteiger partial charge on any atom is 0.253 e. The van der Waals surface area contributed by atoms with Gasteiger partial charge >= 0.3 is 0 Å². The van der Waals surface area contributed by atoms with E-state index in [1.54, 1.807) is 36.4 Å². The van der Waals surface area contributed by atoms with Gasteiger partial charge in [0.15, 0.2) is 0 Å². The molecule has 1 aliphatic heterocycles. The smallest absolute Gasteiger partial charge is 0.253 e. The molecule has 1 atom stereocenters. The number of hydrogen-bond acceptors (Lipinski definition) is 2. The van der Waals surface area contributed by atoms with E-state index in [1.807, 2.05) is 11.8 Å². The summed E-state index contributed by atoms with van der Waals surface area (Å²) < 4.78 is 13.0. The van der Waals surface area contributed by atoms with E-state index in [0.717, 1.165) is 31.5 Å². The highest BCUT2D eigenvalue weighted by Gasteiger charge is 2.20. The zero-order chi connectivity index (χ0) is 18.5. The predicted octanol–water partition coefficient (Wildman–Crippen LogP) is 3.88. The molecule has 5 heteroatoms. The maximum absolute atomic E-state index is 13.0. The molecule has 1 N–H and O–H groups in total. The summed E-state index contributed by atoms with van der Waals surface area (Å²) in [5, 5.41) is 2.88. The Labute approximate surface area is 153 Å². The number of nitrogens with one attached hydrogen (secondary N) is 1. The van der Waals surface area contributed by atoms with E-state index in [1.165, 1.54) is 12.1 Å². The summed E-state index contributed by atoms with van der Waals surface area (Å²) in [6.45, 7) is 3.42. The first-order valence-corrected chi connectivity index (χ1v) is 8.97. The SMILES string of the molecule is CC(Cc1ccc(F)cc1)C(=O)Nc1cccc(C(=O)N2CCCC2)c1. The molecular weight excluding hydrogens is 331 g/mol. The van der Waals surface area contributed by atoms with Crippen LogP contribution in [-0.2, 0) is 11.2 Å². The Balaban J connectivity index is 1.62. The quantitative estimate of drug-likeness (QED) is 0.886. The van der Waals surface area contributed by atoms with E-state index < -0.39 is 0 Å². The predicted molar refractivity (Wildman–Crippen MR) is 99.5 cm³/mol. The molecule has 1 aliphatic rings. The second-order valence-electron chi connectivity index (χ2n) is 6.80. The maximum atomic E-state index is 13.0. The van der Waals surface area contributed by atoms with Crippen molar-refractivity contribution in [1.29, 1.82) is 0 Å². The van der Waals surface area contributed by atoms with Crippen LogP contribution in [0.4, 0.5) is 10.1 Å². The number of carbonyl (C=O) groups is 2. The largest absolute Gasteiger partial charge is 0.339 e. The van der Waals surface area contributed by atoms with E-state index in [9.17, 15) is 14.0 Å². The Kier molecular flexibility index (Phi) is 5.66. The van der Waals surface area contributed by atoms with Gasteiger partial charge in [0, 0.05) is 30.3 Å². The molecule has 0 spiro atoms. The van der Waals surface area contributed by atoms with Crippen LogP contribution in [0.25, 0.3) is 0 Å². The van der Waals surface area contributed by atoms with Crippen LogP contribution in [0.3, 0.4) is 0 Å². The summed E-state index contributed by atoms with van der Waals surface area (Å²) in [5.74, 6) is -0.665. The number of anilines is 1. The normalized spacial score (nSPS) is 14.9. The monoisotopic (exact) mass is 354 g/mol. The van der Waals surface area contributed by atoms with Crippen molar-refractivity contribution in [2.45, 2.75) is 26.2 Å². The highest BCUT2D eigenvalue weighted by molar-refractivity contribution is 5.97. The zero-order valence-electron chi connectivity index (χ0n) is 14.9. The van der Waals surface area contributed by atoms with Crippen molar-refractivity contribution in [3.63, 3.8) is 0 Å². The number of hydrogen-bond donors (Lipinski definition) is 1. The lowest BCUT2D eigenvalue weighted by Crippen LogP contribution is -2.27. The average molecular weight is 354 g/mol. The summed E-state index contributed by atoms with van der Waals surface area (Å²) in [6, 6.07) is 13.2. The van der Waals surface area contributed by atoms with Crippen molar-refractivity contribution in [2.24, 2.45) is 5.92 Å². The molecule has 0 aromatic heterocycles. The summed E-state index contributed by atoms with van der Waals surface area (Å²) in [6.07, 6.45) is 2.62. The molecule has 0 radical (unpaired) electrons. The van der Waals surface area contributed by atoms with Gasteiger partial charge in [-0.15, -0.1) is 0 Å². The Morgan fingerprint density at radius 2 is 1.81 bits per heavy atom. The topological polar surface area (TPSA) is 49.4 Å².